The zero-order valence-electron chi connectivity index (χ0n) is 13.4. The first-order chi connectivity index (χ1) is 12.0. The highest BCUT2D eigenvalue weighted by molar-refractivity contribution is 9.10. The molecule has 3 aromatic heterocycles. The van der Waals surface area contributed by atoms with E-state index in [4.69, 9.17) is 16.3 Å². The maximum atomic E-state index is 6.31. The van der Waals surface area contributed by atoms with Crippen LogP contribution < -0.4 is 4.74 Å². The van der Waals surface area contributed by atoms with Gasteiger partial charge in [0, 0.05) is 17.7 Å². The molecule has 25 heavy (non-hydrogen) atoms. The number of hydrogen-bond donors (Lipinski definition) is 1. The molecule has 3 heterocycles. The summed E-state index contributed by atoms with van der Waals surface area (Å²) in [5.41, 5.74) is 2.97. The van der Waals surface area contributed by atoms with E-state index in [1.165, 1.54) is 0 Å². The molecule has 0 radical (unpaired) electrons. The van der Waals surface area contributed by atoms with Crippen LogP contribution in [0.2, 0.25) is 5.02 Å². The minimum Gasteiger partial charge on any atom is -0.453 e. The van der Waals surface area contributed by atoms with Gasteiger partial charge in [0.15, 0.2) is 11.4 Å². The Labute approximate surface area is 156 Å². The highest BCUT2D eigenvalue weighted by Crippen LogP contribution is 2.36. The number of aromatic amines is 1. The number of halogens is 2. The van der Waals surface area contributed by atoms with Crippen LogP contribution in [0.3, 0.4) is 0 Å². The van der Waals surface area contributed by atoms with Crippen molar-refractivity contribution in [2.24, 2.45) is 7.05 Å². The van der Waals surface area contributed by atoms with Crippen LogP contribution in [0.15, 0.2) is 41.1 Å². The standard InChI is InChI=1S/C17H13BrClN5O/c1-9-12(8-24(2)23-9)16-21-14-15(13(19)7-20-17(14)22-16)25-11-5-3-10(18)4-6-11/h3-8H,1-2H3,(H,20,21,22). The lowest BCUT2D eigenvalue weighted by Gasteiger charge is -2.08. The van der Waals surface area contributed by atoms with Gasteiger partial charge in [-0.1, -0.05) is 27.5 Å². The molecule has 0 aliphatic rings. The number of pyridine rings is 1. The molecule has 0 amide bonds. The number of ether oxygens (including phenoxy) is 1. The lowest BCUT2D eigenvalue weighted by Crippen LogP contribution is -1.89. The Kier molecular flexibility index (Phi) is 3.97. The van der Waals surface area contributed by atoms with E-state index in [2.05, 4.69) is 36.0 Å². The Hall–Kier alpha value is -2.38. The Bertz CT molecular complexity index is 1070. The van der Waals surface area contributed by atoms with E-state index >= 15 is 0 Å². The zero-order chi connectivity index (χ0) is 17.6. The van der Waals surface area contributed by atoms with Crippen molar-refractivity contribution in [3.63, 3.8) is 0 Å². The first kappa shape index (κ1) is 16.1. The van der Waals surface area contributed by atoms with Gasteiger partial charge in [0.1, 0.15) is 22.1 Å². The fourth-order valence-electron chi connectivity index (χ4n) is 2.59. The molecule has 126 valence electrons. The number of H-pyrrole nitrogens is 1. The largest absolute Gasteiger partial charge is 0.453 e. The molecule has 0 atom stereocenters. The van der Waals surface area contributed by atoms with Crippen molar-refractivity contribution in [1.82, 2.24) is 24.7 Å². The molecule has 4 aromatic rings. The van der Waals surface area contributed by atoms with Gasteiger partial charge in [-0.2, -0.15) is 5.10 Å². The Balaban J connectivity index is 1.82. The topological polar surface area (TPSA) is 68.6 Å². The average molecular weight is 419 g/mol. The van der Waals surface area contributed by atoms with Crippen molar-refractivity contribution in [3.8, 4) is 22.9 Å². The number of rotatable bonds is 3. The number of aromatic nitrogens is 5. The Morgan fingerprint density at radius 1 is 1.24 bits per heavy atom. The summed E-state index contributed by atoms with van der Waals surface area (Å²) < 4.78 is 8.70. The minimum absolute atomic E-state index is 0.411. The van der Waals surface area contributed by atoms with Gasteiger partial charge in [-0.15, -0.1) is 0 Å². The van der Waals surface area contributed by atoms with Crippen molar-refractivity contribution >= 4 is 38.7 Å². The summed E-state index contributed by atoms with van der Waals surface area (Å²) in [6.07, 6.45) is 3.45. The van der Waals surface area contributed by atoms with E-state index in [0.717, 1.165) is 15.7 Å². The summed E-state index contributed by atoms with van der Waals surface area (Å²) in [4.78, 5) is 12.1. The predicted molar refractivity (Wildman–Crippen MR) is 100 cm³/mol. The second-order valence-electron chi connectivity index (χ2n) is 5.58. The third kappa shape index (κ3) is 3.01. The zero-order valence-corrected chi connectivity index (χ0v) is 15.8. The molecule has 1 aromatic carbocycles. The summed E-state index contributed by atoms with van der Waals surface area (Å²) in [6.45, 7) is 1.93. The van der Waals surface area contributed by atoms with Gasteiger partial charge in [0.25, 0.3) is 0 Å². The van der Waals surface area contributed by atoms with Gasteiger partial charge in [0.05, 0.1) is 17.5 Å². The van der Waals surface area contributed by atoms with Gasteiger partial charge in [0.2, 0.25) is 0 Å². The van der Waals surface area contributed by atoms with E-state index in [9.17, 15) is 0 Å². The van der Waals surface area contributed by atoms with E-state index in [1.54, 1.807) is 10.9 Å². The molecule has 0 saturated heterocycles. The second-order valence-corrected chi connectivity index (χ2v) is 6.90. The summed E-state index contributed by atoms with van der Waals surface area (Å²) in [5.74, 6) is 1.84. The third-order valence-corrected chi connectivity index (χ3v) is 4.53. The van der Waals surface area contributed by atoms with Crippen LogP contribution in [0, 0.1) is 6.92 Å². The van der Waals surface area contributed by atoms with Gasteiger partial charge in [-0.05, 0) is 31.2 Å². The van der Waals surface area contributed by atoms with Crippen LogP contribution >= 0.6 is 27.5 Å². The minimum atomic E-state index is 0.411. The third-order valence-electron chi connectivity index (χ3n) is 3.73. The van der Waals surface area contributed by atoms with E-state index < -0.39 is 0 Å². The molecule has 8 heteroatoms. The van der Waals surface area contributed by atoms with Crippen molar-refractivity contribution in [1.29, 1.82) is 0 Å². The fraction of sp³-hybridized carbons (Fsp3) is 0.118. The van der Waals surface area contributed by atoms with Crippen LogP contribution in [0.1, 0.15) is 5.69 Å². The van der Waals surface area contributed by atoms with Gasteiger partial charge in [-0.25, -0.2) is 9.97 Å². The van der Waals surface area contributed by atoms with E-state index in [-0.39, 0.29) is 0 Å². The number of nitrogens with one attached hydrogen (secondary N) is 1. The van der Waals surface area contributed by atoms with Crippen LogP contribution in [0.5, 0.6) is 11.5 Å². The van der Waals surface area contributed by atoms with E-state index in [1.807, 2.05) is 44.4 Å². The van der Waals surface area contributed by atoms with Gasteiger partial charge in [-0.3, -0.25) is 4.68 Å². The molecule has 0 aliphatic heterocycles. The quantitative estimate of drug-likeness (QED) is 0.515. The maximum Gasteiger partial charge on any atom is 0.182 e. The number of imidazole rings is 1. The smallest absolute Gasteiger partial charge is 0.182 e. The summed E-state index contributed by atoms with van der Waals surface area (Å²) in [5, 5.41) is 4.76. The SMILES string of the molecule is Cc1nn(C)cc1-c1nc2ncc(Cl)c(Oc3ccc(Br)cc3)c2[nH]1. The first-order valence-electron chi connectivity index (χ1n) is 7.49. The monoisotopic (exact) mass is 417 g/mol. The average Bonchev–Trinajstić information content (AvgIpc) is 3.15. The molecule has 0 saturated carbocycles. The molecule has 1 N–H and O–H groups in total. The fourth-order valence-corrected chi connectivity index (χ4v) is 3.04. The summed E-state index contributed by atoms with van der Waals surface area (Å²) in [7, 11) is 1.87. The Morgan fingerprint density at radius 3 is 2.68 bits per heavy atom. The lowest BCUT2D eigenvalue weighted by molar-refractivity contribution is 0.487. The van der Waals surface area contributed by atoms with Crippen LogP contribution in [-0.2, 0) is 7.05 Å². The van der Waals surface area contributed by atoms with E-state index in [0.29, 0.717) is 33.5 Å². The van der Waals surface area contributed by atoms with Crippen molar-refractivity contribution < 1.29 is 4.74 Å². The van der Waals surface area contributed by atoms with Crippen molar-refractivity contribution in [3.05, 3.63) is 51.8 Å². The molecular weight excluding hydrogens is 406 g/mol. The molecular formula is C17H13BrClN5O. The predicted octanol–water partition coefficient (Wildman–Crippen LogP) is 4.88. The molecule has 6 nitrogen and oxygen atoms in total. The normalized spacial score (nSPS) is 11.2. The number of aryl methyl sites for hydroxylation is 2. The molecule has 0 unspecified atom stereocenters. The van der Waals surface area contributed by atoms with Crippen LogP contribution in [0.4, 0.5) is 0 Å². The number of benzene rings is 1. The number of hydrogen-bond acceptors (Lipinski definition) is 4. The summed E-state index contributed by atoms with van der Waals surface area (Å²) in [6, 6.07) is 7.52. The lowest BCUT2D eigenvalue weighted by atomic mass is 10.2. The molecule has 4 rings (SSSR count). The molecule has 0 spiro atoms. The number of nitrogens with zero attached hydrogens (tertiary/aromatic N) is 4. The number of fused-ring (bicyclic) bond motifs is 1. The molecule has 0 aliphatic carbocycles. The van der Waals surface area contributed by atoms with Crippen molar-refractivity contribution in [2.75, 3.05) is 0 Å². The van der Waals surface area contributed by atoms with Crippen LogP contribution in [-0.4, -0.2) is 24.7 Å². The van der Waals surface area contributed by atoms with Crippen molar-refractivity contribution in [2.45, 2.75) is 6.92 Å². The molecule has 0 bridgehead atoms. The summed E-state index contributed by atoms with van der Waals surface area (Å²) >= 11 is 9.72. The Morgan fingerprint density at radius 2 is 2.00 bits per heavy atom. The van der Waals surface area contributed by atoms with Gasteiger partial charge < -0.3 is 9.72 Å². The maximum absolute atomic E-state index is 6.31. The highest BCUT2D eigenvalue weighted by atomic mass is 79.9. The first-order valence-corrected chi connectivity index (χ1v) is 8.66. The molecule has 0 fully saturated rings. The van der Waals surface area contributed by atoms with Gasteiger partial charge >= 0.3 is 0 Å². The van der Waals surface area contributed by atoms with Crippen LogP contribution in [0.25, 0.3) is 22.6 Å². The second kappa shape index (κ2) is 6.16. The highest BCUT2D eigenvalue weighted by Gasteiger charge is 2.17.